The summed E-state index contributed by atoms with van der Waals surface area (Å²) in [5.74, 6) is 0.759. The molecule has 1 aliphatic rings. The third kappa shape index (κ3) is 5.21. The number of methoxy groups -OCH3 is 1. The van der Waals surface area contributed by atoms with E-state index in [1.165, 1.54) is 0 Å². The maximum atomic E-state index is 12.4. The predicted octanol–water partition coefficient (Wildman–Crippen LogP) is 2.61. The van der Waals surface area contributed by atoms with E-state index in [1.807, 2.05) is 31.2 Å². The molecule has 134 valence electrons. The fraction of sp³-hybridized carbons (Fsp3) is 0.632. The standard InChI is InChI=1S/C19H30N2O3/c1-4-15(2)24-17-7-5-16(6-8-17)18(22)21-13-19(14-23-3)9-11-20-12-10-19/h5-8,15,20H,4,9-14H2,1-3H3,(H,21,22). The Hall–Kier alpha value is -1.59. The smallest absolute Gasteiger partial charge is 0.251 e. The van der Waals surface area contributed by atoms with Gasteiger partial charge in [-0.2, -0.15) is 0 Å². The molecule has 5 nitrogen and oxygen atoms in total. The number of piperidine rings is 1. The molecule has 1 atom stereocenters. The van der Waals surface area contributed by atoms with Crippen molar-refractivity contribution in [2.24, 2.45) is 5.41 Å². The Morgan fingerprint density at radius 2 is 1.96 bits per heavy atom. The quantitative estimate of drug-likeness (QED) is 0.767. The first-order chi connectivity index (χ1) is 11.6. The molecule has 1 amide bonds. The zero-order chi connectivity index (χ0) is 17.4. The van der Waals surface area contributed by atoms with E-state index in [0.29, 0.717) is 18.7 Å². The summed E-state index contributed by atoms with van der Waals surface area (Å²) >= 11 is 0. The van der Waals surface area contributed by atoms with Gasteiger partial charge in [-0.15, -0.1) is 0 Å². The van der Waals surface area contributed by atoms with Crippen LogP contribution in [0.1, 0.15) is 43.5 Å². The summed E-state index contributed by atoms with van der Waals surface area (Å²) in [5.41, 5.74) is 0.697. The number of amides is 1. The van der Waals surface area contributed by atoms with Gasteiger partial charge in [0, 0.05) is 24.6 Å². The highest BCUT2D eigenvalue weighted by Gasteiger charge is 2.32. The van der Waals surface area contributed by atoms with Crippen LogP contribution in [0.4, 0.5) is 0 Å². The van der Waals surface area contributed by atoms with Gasteiger partial charge < -0.3 is 20.1 Å². The second-order valence-corrected chi connectivity index (χ2v) is 6.73. The molecule has 0 aliphatic carbocycles. The van der Waals surface area contributed by atoms with Crippen LogP contribution in [0.2, 0.25) is 0 Å². The van der Waals surface area contributed by atoms with Gasteiger partial charge in [0.25, 0.3) is 5.91 Å². The fourth-order valence-corrected chi connectivity index (χ4v) is 3.01. The molecule has 0 radical (unpaired) electrons. The summed E-state index contributed by atoms with van der Waals surface area (Å²) in [6.45, 7) is 7.39. The lowest BCUT2D eigenvalue weighted by Gasteiger charge is -2.37. The lowest BCUT2D eigenvalue weighted by atomic mass is 9.79. The fourth-order valence-electron chi connectivity index (χ4n) is 3.01. The first kappa shape index (κ1) is 18.7. The Balaban J connectivity index is 1.91. The highest BCUT2D eigenvalue weighted by molar-refractivity contribution is 5.94. The van der Waals surface area contributed by atoms with E-state index >= 15 is 0 Å². The van der Waals surface area contributed by atoms with Crippen LogP contribution in [-0.4, -0.2) is 45.4 Å². The Kier molecular flexibility index (Phi) is 7.06. The van der Waals surface area contributed by atoms with Crippen LogP contribution in [0.5, 0.6) is 5.75 Å². The molecular formula is C19H30N2O3. The number of benzene rings is 1. The van der Waals surface area contributed by atoms with Gasteiger partial charge in [0.1, 0.15) is 5.75 Å². The lowest BCUT2D eigenvalue weighted by molar-refractivity contribution is 0.0512. The minimum atomic E-state index is -0.0425. The van der Waals surface area contributed by atoms with Crippen LogP contribution >= 0.6 is 0 Å². The molecule has 0 bridgehead atoms. The van der Waals surface area contributed by atoms with E-state index in [0.717, 1.165) is 38.1 Å². The lowest BCUT2D eigenvalue weighted by Crippen LogP contribution is -2.47. The summed E-state index contributed by atoms with van der Waals surface area (Å²) in [7, 11) is 1.72. The molecule has 2 N–H and O–H groups in total. The number of ether oxygens (including phenoxy) is 2. The van der Waals surface area contributed by atoms with E-state index in [2.05, 4.69) is 17.6 Å². The monoisotopic (exact) mass is 334 g/mol. The molecular weight excluding hydrogens is 304 g/mol. The molecule has 2 rings (SSSR count). The average molecular weight is 334 g/mol. The van der Waals surface area contributed by atoms with Gasteiger partial charge in [0.2, 0.25) is 0 Å². The minimum Gasteiger partial charge on any atom is -0.491 e. The van der Waals surface area contributed by atoms with E-state index in [9.17, 15) is 4.79 Å². The number of nitrogens with one attached hydrogen (secondary N) is 2. The third-order valence-electron chi connectivity index (χ3n) is 4.77. The second-order valence-electron chi connectivity index (χ2n) is 6.73. The van der Waals surface area contributed by atoms with E-state index in [1.54, 1.807) is 7.11 Å². The van der Waals surface area contributed by atoms with Gasteiger partial charge in [0.05, 0.1) is 12.7 Å². The van der Waals surface area contributed by atoms with Crippen molar-refractivity contribution in [3.8, 4) is 5.75 Å². The molecule has 1 aliphatic heterocycles. The van der Waals surface area contributed by atoms with Crippen LogP contribution < -0.4 is 15.4 Å². The average Bonchev–Trinajstić information content (AvgIpc) is 2.61. The van der Waals surface area contributed by atoms with E-state index in [-0.39, 0.29) is 17.4 Å². The summed E-state index contributed by atoms with van der Waals surface area (Å²) < 4.78 is 11.1. The molecule has 5 heteroatoms. The highest BCUT2D eigenvalue weighted by Crippen LogP contribution is 2.28. The molecule has 1 aromatic carbocycles. The highest BCUT2D eigenvalue weighted by atomic mass is 16.5. The van der Waals surface area contributed by atoms with Gasteiger partial charge >= 0.3 is 0 Å². The first-order valence-electron chi connectivity index (χ1n) is 8.83. The van der Waals surface area contributed by atoms with Crippen LogP contribution in [0.3, 0.4) is 0 Å². The Morgan fingerprint density at radius 3 is 2.54 bits per heavy atom. The summed E-state index contributed by atoms with van der Waals surface area (Å²) in [4.78, 5) is 12.4. The van der Waals surface area contributed by atoms with Crippen molar-refractivity contribution in [2.75, 3.05) is 33.4 Å². The van der Waals surface area contributed by atoms with Crippen molar-refractivity contribution in [3.63, 3.8) is 0 Å². The van der Waals surface area contributed by atoms with Crippen molar-refractivity contribution in [1.29, 1.82) is 0 Å². The Labute approximate surface area is 145 Å². The Bertz CT molecular complexity index is 504. The van der Waals surface area contributed by atoms with Crippen LogP contribution in [0.15, 0.2) is 24.3 Å². The second kappa shape index (κ2) is 9.04. The molecule has 0 saturated carbocycles. The van der Waals surface area contributed by atoms with E-state index in [4.69, 9.17) is 9.47 Å². The number of carbonyl (C=O) groups is 1. The zero-order valence-electron chi connectivity index (χ0n) is 15.1. The molecule has 1 fully saturated rings. The van der Waals surface area contributed by atoms with Crippen LogP contribution in [0.25, 0.3) is 0 Å². The summed E-state index contributed by atoms with van der Waals surface area (Å²) in [6, 6.07) is 7.35. The summed E-state index contributed by atoms with van der Waals surface area (Å²) in [6.07, 6.45) is 3.17. The maximum Gasteiger partial charge on any atom is 0.251 e. The largest absolute Gasteiger partial charge is 0.491 e. The molecule has 1 unspecified atom stereocenters. The van der Waals surface area contributed by atoms with Crippen LogP contribution in [-0.2, 0) is 4.74 Å². The SMILES string of the molecule is CCC(C)Oc1ccc(C(=O)NCC2(COC)CCNCC2)cc1. The van der Waals surface area contributed by atoms with Gasteiger partial charge in [-0.05, 0) is 63.5 Å². The van der Waals surface area contributed by atoms with Gasteiger partial charge in [0.15, 0.2) is 0 Å². The van der Waals surface area contributed by atoms with Gasteiger partial charge in [-0.25, -0.2) is 0 Å². The minimum absolute atomic E-state index is 0.0370. The molecule has 0 aromatic heterocycles. The topological polar surface area (TPSA) is 59.6 Å². The zero-order valence-corrected chi connectivity index (χ0v) is 15.1. The van der Waals surface area contributed by atoms with Crippen molar-refractivity contribution in [1.82, 2.24) is 10.6 Å². The molecule has 0 spiro atoms. The molecule has 1 aromatic rings. The van der Waals surface area contributed by atoms with E-state index < -0.39 is 0 Å². The van der Waals surface area contributed by atoms with Crippen LogP contribution in [0, 0.1) is 5.41 Å². The number of carbonyl (C=O) groups excluding carboxylic acids is 1. The first-order valence-corrected chi connectivity index (χ1v) is 8.83. The molecule has 1 heterocycles. The summed E-state index contributed by atoms with van der Waals surface area (Å²) in [5, 5.41) is 6.44. The molecule has 24 heavy (non-hydrogen) atoms. The predicted molar refractivity (Wildman–Crippen MR) is 95.6 cm³/mol. The third-order valence-corrected chi connectivity index (χ3v) is 4.77. The molecule has 1 saturated heterocycles. The van der Waals surface area contributed by atoms with Crippen molar-refractivity contribution in [2.45, 2.75) is 39.2 Å². The van der Waals surface area contributed by atoms with Gasteiger partial charge in [-0.1, -0.05) is 6.92 Å². The Morgan fingerprint density at radius 1 is 1.29 bits per heavy atom. The van der Waals surface area contributed by atoms with Crippen molar-refractivity contribution in [3.05, 3.63) is 29.8 Å². The number of rotatable bonds is 8. The van der Waals surface area contributed by atoms with Crippen molar-refractivity contribution >= 4 is 5.91 Å². The van der Waals surface area contributed by atoms with Gasteiger partial charge in [-0.3, -0.25) is 4.79 Å². The maximum absolute atomic E-state index is 12.4. The number of hydrogen-bond donors (Lipinski definition) is 2. The number of hydrogen-bond acceptors (Lipinski definition) is 4. The van der Waals surface area contributed by atoms with Crippen molar-refractivity contribution < 1.29 is 14.3 Å². The normalized spacial score (nSPS) is 18.0.